The SMILES string of the molecule is CCCCNC(=O)Nc1cnn(COc2cccc(Cl)c2)c1. The van der Waals surface area contributed by atoms with Gasteiger partial charge in [-0.25, -0.2) is 9.48 Å². The molecule has 22 heavy (non-hydrogen) atoms. The van der Waals surface area contributed by atoms with Crippen molar-refractivity contribution in [2.24, 2.45) is 0 Å². The Labute approximate surface area is 134 Å². The lowest BCUT2D eigenvalue weighted by Crippen LogP contribution is -2.29. The van der Waals surface area contributed by atoms with Gasteiger partial charge >= 0.3 is 6.03 Å². The largest absolute Gasteiger partial charge is 0.471 e. The van der Waals surface area contributed by atoms with Crippen LogP contribution >= 0.6 is 11.6 Å². The summed E-state index contributed by atoms with van der Waals surface area (Å²) in [5, 5.41) is 10.2. The number of halogens is 1. The summed E-state index contributed by atoms with van der Waals surface area (Å²) in [6, 6.07) is 6.90. The highest BCUT2D eigenvalue weighted by atomic mass is 35.5. The molecule has 1 aromatic carbocycles. The molecule has 0 saturated carbocycles. The van der Waals surface area contributed by atoms with Gasteiger partial charge in [0.25, 0.3) is 0 Å². The fourth-order valence-electron chi connectivity index (χ4n) is 1.75. The zero-order valence-corrected chi connectivity index (χ0v) is 13.1. The van der Waals surface area contributed by atoms with Crippen LogP contribution in [0.25, 0.3) is 0 Å². The van der Waals surface area contributed by atoms with Crippen molar-refractivity contribution in [1.29, 1.82) is 0 Å². The Bertz CT molecular complexity index is 615. The summed E-state index contributed by atoms with van der Waals surface area (Å²) in [6.07, 6.45) is 5.27. The molecule has 0 saturated heterocycles. The van der Waals surface area contributed by atoms with E-state index in [-0.39, 0.29) is 12.8 Å². The quantitative estimate of drug-likeness (QED) is 0.767. The molecule has 1 aromatic heterocycles. The first-order valence-corrected chi connectivity index (χ1v) is 7.51. The highest BCUT2D eigenvalue weighted by Crippen LogP contribution is 2.17. The van der Waals surface area contributed by atoms with Crippen LogP contribution in [0.2, 0.25) is 5.02 Å². The fourth-order valence-corrected chi connectivity index (χ4v) is 1.93. The van der Waals surface area contributed by atoms with Crippen LogP contribution in [-0.4, -0.2) is 22.4 Å². The molecular formula is C15H19ClN4O2. The van der Waals surface area contributed by atoms with Crippen LogP contribution in [0.3, 0.4) is 0 Å². The normalized spacial score (nSPS) is 10.3. The Morgan fingerprint density at radius 3 is 3.09 bits per heavy atom. The molecule has 0 aliphatic carbocycles. The number of nitrogens with one attached hydrogen (secondary N) is 2. The molecule has 0 unspecified atom stereocenters. The number of unbranched alkanes of at least 4 members (excludes halogenated alkanes) is 1. The van der Waals surface area contributed by atoms with Gasteiger partial charge in [-0.05, 0) is 24.6 Å². The highest BCUT2D eigenvalue weighted by molar-refractivity contribution is 6.30. The minimum Gasteiger partial charge on any atom is -0.471 e. The number of ether oxygens (including phenoxy) is 1. The number of rotatable bonds is 7. The summed E-state index contributed by atoms with van der Waals surface area (Å²) in [5.41, 5.74) is 0.615. The summed E-state index contributed by atoms with van der Waals surface area (Å²) in [6.45, 7) is 2.97. The van der Waals surface area contributed by atoms with Crippen molar-refractivity contribution in [2.75, 3.05) is 11.9 Å². The van der Waals surface area contributed by atoms with Gasteiger partial charge in [0.15, 0.2) is 6.73 Å². The lowest BCUT2D eigenvalue weighted by Gasteiger charge is -2.06. The Morgan fingerprint density at radius 1 is 1.45 bits per heavy atom. The summed E-state index contributed by atoms with van der Waals surface area (Å²) >= 11 is 5.88. The predicted octanol–water partition coefficient (Wildman–Crippen LogP) is 3.49. The Kier molecular flexibility index (Phi) is 6.09. The Morgan fingerprint density at radius 2 is 2.32 bits per heavy atom. The number of aromatic nitrogens is 2. The first-order valence-electron chi connectivity index (χ1n) is 7.13. The number of urea groups is 1. The number of hydrogen-bond donors (Lipinski definition) is 2. The van der Waals surface area contributed by atoms with Crippen molar-refractivity contribution in [3.05, 3.63) is 41.7 Å². The van der Waals surface area contributed by atoms with Crippen molar-refractivity contribution in [1.82, 2.24) is 15.1 Å². The Balaban J connectivity index is 1.80. The molecule has 2 aromatic rings. The number of amides is 2. The molecule has 0 aliphatic rings. The van der Waals surface area contributed by atoms with Crippen molar-refractivity contribution >= 4 is 23.3 Å². The molecule has 0 bridgehead atoms. The van der Waals surface area contributed by atoms with Gasteiger partial charge in [-0.15, -0.1) is 0 Å². The lowest BCUT2D eigenvalue weighted by atomic mass is 10.3. The summed E-state index contributed by atoms with van der Waals surface area (Å²) in [5.74, 6) is 0.662. The van der Waals surface area contributed by atoms with Crippen molar-refractivity contribution in [2.45, 2.75) is 26.5 Å². The van der Waals surface area contributed by atoms with Crippen LogP contribution < -0.4 is 15.4 Å². The van der Waals surface area contributed by atoms with E-state index < -0.39 is 0 Å². The molecular weight excluding hydrogens is 304 g/mol. The third kappa shape index (κ3) is 5.29. The minimum absolute atomic E-state index is 0.233. The molecule has 0 spiro atoms. The van der Waals surface area contributed by atoms with E-state index in [9.17, 15) is 4.79 Å². The lowest BCUT2D eigenvalue weighted by molar-refractivity contribution is 0.221. The van der Waals surface area contributed by atoms with E-state index in [1.807, 2.05) is 12.1 Å². The topological polar surface area (TPSA) is 68.2 Å². The van der Waals surface area contributed by atoms with Gasteiger partial charge in [-0.1, -0.05) is 31.0 Å². The second-order valence-corrected chi connectivity index (χ2v) is 5.17. The molecule has 1 heterocycles. The molecule has 118 valence electrons. The number of nitrogens with zero attached hydrogens (tertiary/aromatic N) is 2. The van der Waals surface area contributed by atoms with E-state index >= 15 is 0 Å². The first kappa shape index (κ1) is 16.2. The van der Waals surface area contributed by atoms with Gasteiger partial charge < -0.3 is 15.4 Å². The number of carbonyl (C=O) groups excluding carboxylic acids is 1. The van der Waals surface area contributed by atoms with Crippen LogP contribution in [-0.2, 0) is 6.73 Å². The molecule has 0 atom stereocenters. The van der Waals surface area contributed by atoms with Crippen LogP contribution in [0.15, 0.2) is 36.7 Å². The van der Waals surface area contributed by atoms with Crippen molar-refractivity contribution < 1.29 is 9.53 Å². The van der Waals surface area contributed by atoms with Crippen LogP contribution in [0, 0.1) is 0 Å². The predicted molar refractivity (Wildman–Crippen MR) is 86.2 cm³/mol. The summed E-state index contributed by atoms with van der Waals surface area (Å²) in [7, 11) is 0. The third-order valence-corrected chi connectivity index (χ3v) is 3.10. The van der Waals surface area contributed by atoms with Gasteiger partial charge in [0.2, 0.25) is 0 Å². The maximum atomic E-state index is 11.6. The van der Waals surface area contributed by atoms with Crippen LogP contribution in [0.1, 0.15) is 19.8 Å². The van der Waals surface area contributed by atoms with Crippen LogP contribution in [0.5, 0.6) is 5.75 Å². The van der Waals surface area contributed by atoms with E-state index in [1.165, 1.54) is 0 Å². The van der Waals surface area contributed by atoms with Gasteiger partial charge in [-0.3, -0.25) is 0 Å². The monoisotopic (exact) mass is 322 g/mol. The summed E-state index contributed by atoms with van der Waals surface area (Å²) < 4.78 is 7.14. The molecule has 6 nitrogen and oxygen atoms in total. The number of anilines is 1. The molecule has 0 aliphatic heterocycles. The standard InChI is InChI=1S/C15H19ClN4O2/c1-2-3-7-17-15(21)19-13-9-18-20(10-13)11-22-14-6-4-5-12(16)8-14/h4-6,8-10H,2-3,7,11H2,1H3,(H2,17,19,21). The van der Waals surface area contributed by atoms with Gasteiger partial charge in [-0.2, -0.15) is 5.10 Å². The second-order valence-electron chi connectivity index (χ2n) is 4.73. The summed E-state index contributed by atoms with van der Waals surface area (Å²) in [4.78, 5) is 11.6. The van der Waals surface area contributed by atoms with E-state index in [4.69, 9.17) is 16.3 Å². The first-order chi connectivity index (χ1) is 10.7. The maximum Gasteiger partial charge on any atom is 0.319 e. The minimum atomic E-state index is -0.233. The van der Waals surface area contributed by atoms with Gasteiger partial charge in [0.05, 0.1) is 18.1 Å². The number of benzene rings is 1. The fraction of sp³-hybridized carbons (Fsp3) is 0.333. The maximum absolute atomic E-state index is 11.6. The molecule has 2 N–H and O–H groups in total. The van der Waals surface area contributed by atoms with Gasteiger partial charge in [0, 0.05) is 11.6 Å². The molecule has 2 rings (SSSR count). The molecule has 0 fully saturated rings. The Hall–Kier alpha value is -2.21. The smallest absolute Gasteiger partial charge is 0.319 e. The average molecular weight is 323 g/mol. The highest BCUT2D eigenvalue weighted by Gasteiger charge is 2.04. The molecule has 7 heteroatoms. The van der Waals surface area contributed by atoms with Gasteiger partial charge in [0.1, 0.15) is 5.75 Å². The second kappa shape index (κ2) is 8.29. The van der Waals surface area contributed by atoms with Crippen LogP contribution in [0.4, 0.5) is 10.5 Å². The zero-order chi connectivity index (χ0) is 15.8. The van der Waals surface area contributed by atoms with E-state index in [1.54, 1.807) is 29.2 Å². The zero-order valence-electron chi connectivity index (χ0n) is 12.4. The van der Waals surface area contributed by atoms with E-state index in [2.05, 4.69) is 22.7 Å². The van der Waals surface area contributed by atoms with E-state index in [0.717, 1.165) is 12.8 Å². The average Bonchev–Trinajstić information content (AvgIpc) is 2.93. The molecule has 2 amide bonds. The number of hydrogen-bond acceptors (Lipinski definition) is 3. The van der Waals surface area contributed by atoms with Crippen molar-refractivity contribution in [3.8, 4) is 5.75 Å². The molecule has 0 radical (unpaired) electrons. The number of carbonyl (C=O) groups is 1. The van der Waals surface area contributed by atoms with E-state index in [0.29, 0.717) is 23.0 Å². The third-order valence-electron chi connectivity index (χ3n) is 2.87. The van der Waals surface area contributed by atoms with Crippen molar-refractivity contribution in [3.63, 3.8) is 0 Å².